The molecule has 0 atom stereocenters. The van der Waals surface area contributed by atoms with Crippen LogP contribution in [0, 0.1) is 13.8 Å². The molecule has 0 aliphatic rings. The molecular formula is C11H15NO5S. The molecule has 1 aromatic carbocycles. The van der Waals surface area contributed by atoms with E-state index in [4.69, 9.17) is 15.0 Å². The van der Waals surface area contributed by atoms with Gasteiger partial charge in [-0.2, -0.15) is 0 Å². The van der Waals surface area contributed by atoms with E-state index in [2.05, 4.69) is 0 Å². The SMILES string of the molecule is Cc1cc(C)c(OCCC(=O)O)c(S(N)(=O)=O)c1. The minimum Gasteiger partial charge on any atom is -0.491 e. The number of benzene rings is 1. The maximum atomic E-state index is 11.4. The molecule has 0 radical (unpaired) electrons. The number of sulfonamides is 1. The third-order valence-electron chi connectivity index (χ3n) is 2.25. The first-order valence-corrected chi connectivity index (χ1v) is 6.75. The van der Waals surface area contributed by atoms with Crippen molar-refractivity contribution in [3.63, 3.8) is 0 Å². The normalized spacial score (nSPS) is 11.3. The Labute approximate surface area is 105 Å². The van der Waals surface area contributed by atoms with Crippen LogP contribution in [0.25, 0.3) is 0 Å². The fraction of sp³-hybridized carbons (Fsp3) is 0.364. The van der Waals surface area contributed by atoms with E-state index in [1.165, 1.54) is 6.07 Å². The van der Waals surface area contributed by atoms with E-state index >= 15 is 0 Å². The molecule has 3 N–H and O–H groups in total. The molecule has 0 heterocycles. The summed E-state index contributed by atoms with van der Waals surface area (Å²) < 4.78 is 28.1. The average molecular weight is 273 g/mol. The Bertz CT molecular complexity index is 565. The number of ether oxygens (including phenoxy) is 1. The van der Waals surface area contributed by atoms with Gasteiger partial charge in [0.2, 0.25) is 10.0 Å². The first-order chi connectivity index (χ1) is 8.21. The van der Waals surface area contributed by atoms with Gasteiger partial charge in [0.15, 0.2) is 0 Å². The second-order valence-corrected chi connectivity index (χ2v) is 5.48. The van der Waals surface area contributed by atoms with Crippen LogP contribution in [0.5, 0.6) is 5.75 Å². The van der Waals surface area contributed by atoms with Gasteiger partial charge in [-0.3, -0.25) is 4.79 Å². The molecule has 0 aliphatic heterocycles. The van der Waals surface area contributed by atoms with Crippen molar-refractivity contribution in [2.75, 3.05) is 6.61 Å². The zero-order valence-electron chi connectivity index (χ0n) is 10.1. The zero-order chi connectivity index (χ0) is 13.9. The van der Waals surface area contributed by atoms with Gasteiger partial charge < -0.3 is 9.84 Å². The number of rotatable bonds is 5. The van der Waals surface area contributed by atoms with Gasteiger partial charge in [-0.25, -0.2) is 13.6 Å². The second kappa shape index (κ2) is 5.36. The number of hydrogen-bond acceptors (Lipinski definition) is 4. The topological polar surface area (TPSA) is 107 Å². The largest absolute Gasteiger partial charge is 0.491 e. The minimum atomic E-state index is -3.90. The van der Waals surface area contributed by atoms with E-state index in [1.807, 2.05) is 0 Å². The van der Waals surface area contributed by atoms with E-state index < -0.39 is 16.0 Å². The number of carboxylic acid groups (broad SMARTS) is 1. The number of nitrogens with two attached hydrogens (primary N) is 1. The number of primary sulfonamides is 1. The summed E-state index contributed by atoms with van der Waals surface area (Å²) in [5.74, 6) is -0.902. The highest BCUT2D eigenvalue weighted by atomic mass is 32.2. The van der Waals surface area contributed by atoms with Gasteiger partial charge >= 0.3 is 5.97 Å². The predicted octanol–water partition coefficient (Wildman–Crippen LogP) is 0.804. The van der Waals surface area contributed by atoms with Crippen LogP contribution in [0.4, 0.5) is 0 Å². The van der Waals surface area contributed by atoms with Crippen LogP contribution in [0.15, 0.2) is 17.0 Å². The molecule has 1 rings (SSSR count). The summed E-state index contributed by atoms with van der Waals surface area (Å²) in [7, 11) is -3.90. The van der Waals surface area contributed by atoms with Gasteiger partial charge in [0.1, 0.15) is 10.6 Å². The minimum absolute atomic E-state index is 0.109. The van der Waals surface area contributed by atoms with Crippen LogP contribution >= 0.6 is 0 Å². The molecule has 0 spiro atoms. The Balaban J connectivity index is 3.13. The molecule has 0 bridgehead atoms. The first kappa shape index (κ1) is 14.5. The number of carbonyl (C=O) groups is 1. The maximum Gasteiger partial charge on any atom is 0.306 e. The van der Waals surface area contributed by atoms with E-state index in [-0.39, 0.29) is 23.7 Å². The molecule has 0 saturated heterocycles. The Morgan fingerprint density at radius 1 is 1.39 bits per heavy atom. The van der Waals surface area contributed by atoms with Gasteiger partial charge in [0.05, 0.1) is 13.0 Å². The summed E-state index contributed by atoms with van der Waals surface area (Å²) in [6.07, 6.45) is -0.211. The van der Waals surface area contributed by atoms with Crippen LogP contribution in [0.2, 0.25) is 0 Å². The molecule has 0 amide bonds. The van der Waals surface area contributed by atoms with Crippen molar-refractivity contribution in [1.82, 2.24) is 0 Å². The van der Waals surface area contributed by atoms with E-state index in [9.17, 15) is 13.2 Å². The van der Waals surface area contributed by atoms with Crippen LogP contribution < -0.4 is 9.88 Å². The fourth-order valence-corrected chi connectivity index (χ4v) is 2.38. The second-order valence-electron chi connectivity index (χ2n) is 3.95. The summed E-state index contributed by atoms with van der Waals surface area (Å²) in [5, 5.41) is 13.6. The lowest BCUT2D eigenvalue weighted by atomic mass is 10.1. The molecule has 6 nitrogen and oxygen atoms in total. The van der Waals surface area contributed by atoms with E-state index in [0.29, 0.717) is 5.56 Å². The standard InChI is InChI=1S/C11H15NO5S/c1-7-5-8(2)11(17-4-3-10(13)14)9(6-7)18(12,15)16/h5-6H,3-4H2,1-2H3,(H,13,14)(H2,12,15,16). The van der Waals surface area contributed by atoms with Crippen molar-refractivity contribution in [2.24, 2.45) is 5.14 Å². The summed E-state index contributed by atoms with van der Waals surface area (Å²) in [4.78, 5) is 10.3. The highest BCUT2D eigenvalue weighted by Gasteiger charge is 2.18. The number of aryl methyl sites for hydroxylation is 2. The molecule has 0 saturated carbocycles. The lowest BCUT2D eigenvalue weighted by Crippen LogP contribution is -2.16. The monoisotopic (exact) mass is 273 g/mol. The van der Waals surface area contributed by atoms with Crippen LogP contribution in [0.3, 0.4) is 0 Å². The third kappa shape index (κ3) is 3.71. The number of carboxylic acids is 1. The van der Waals surface area contributed by atoms with Gasteiger partial charge in [-0.1, -0.05) is 6.07 Å². The summed E-state index contributed by atoms with van der Waals surface area (Å²) in [6.45, 7) is 3.31. The van der Waals surface area contributed by atoms with E-state index in [1.54, 1.807) is 19.9 Å². The Morgan fingerprint density at radius 2 is 2.00 bits per heavy atom. The van der Waals surface area contributed by atoms with Crippen molar-refractivity contribution in [1.29, 1.82) is 0 Å². The predicted molar refractivity (Wildman–Crippen MR) is 65.0 cm³/mol. The highest BCUT2D eigenvalue weighted by molar-refractivity contribution is 7.89. The van der Waals surface area contributed by atoms with Crippen molar-refractivity contribution >= 4 is 16.0 Å². The van der Waals surface area contributed by atoms with Gasteiger partial charge in [-0.15, -0.1) is 0 Å². The lowest BCUT2D eigenvalue weighted by molar-refractivity contribution is -0.137. The molecule has 0 unspecified atom stereocenters. The zero-order valence-corrected chi connectivity index (χ0v) is 11.0. The first-order valence-electron chi connectivity index (χ1n) is 5.20. The van der Waals surface area contributed by atoms with Crippen molar-refractivity contribution < 1.29 is 23.1 Å². The summed E-state index contributed by atoms with van der Waals surface area (Å²) >= 11 is 0. The number of aliphatic carboxylic acids is 1. The maximum absolute atomic E-state index is 11.4. The van der Waals surface area contributed by atoms with E-state index in [0.717, 1.165) is 5.56 Å². The van der Waals surface area contributed by atoms with Gasteiger partial charge in [0, 0.05) is 0 Å². The molecule has 0 aliphatic carbocycles. The molecule has 18 heavy (non-hydrogen) atoms. The molecule has 1 aromatic rings. The van der Waals surface area contributed by atoms with Crippen molar-refractivity contribution in [3.05, 3.63) is 23.3 Å². The Hall–Kier alpha value is -1.60. The fourth-order valence-electron chi connectivity index (χ4n) is 1.55. The number of hydrogen-bond donors (Lipinski definition) is 2. The Kier molecular flexibility index (Phi) is 4.31. The van der Waals surface area contributed by atoms with Crippen LogP contribution in [-0.2, 0) is 14.8 Å². The summed E-state index contributed by atoms with van der Waals surface area (Å²) in [6, 6.07) is 3.14. The molecule has 0 fully saturated rings. The van der Waals surface area contributed by atoms with Gasteiger partial charge in [0.25, 0.3) is 0 Å². The average Bonchev–Trinajstić information content (AvgIpc) is 2.18. The quantitative estimate of drug-likeness (QED) is 0.825. The highest BCUT2D eigenvalue weighted by Crippen LogP contribution is 2.28. The van der Waals surface area contributed by atoms with Gasteiger partial charge in [-0.05, 0) is 31.0 Å². The lowest BCUT2D eigenvalue weighted by Gasteiger charge is -2.13. The molecule has 7 heteroatoms. The van der Waals surface area contributed by atoms with Crippen LogP contribution in [-0.4, -0.2) is 26.1 Å². The Morgan fingerprint density at radius 3 is 2.50 bits per heavy atom. The van der Waals surface area contributed by atoms with Crippen molar-refractivity contribution in [3.8, 4) is 5.75 Å². The summed E-state index contributed by atoms with van der Waals surface area (Å²) in [5.41, 5.74) is 1.34. The molecule has 100 valence electrons. The smallest absolute Gasteiger partial charge is 0.306 e. The third-order valence-corrected chi connectivity index (χ3v) is 3.17. The molecule has 0 aromatic heterocycles. The van der Waals surface area contributed by atoms with Crippen LogP contribution in [0.1, 0.15) is 17.5 Å². The molecular weight excluding hydrogens is 258 g/mol. The van der Waals surface area contributed by atoms with Crippen molar-refractivity contribution in [2.45, 2.75) is 25.2 Å².